The molecule has 0 aromatic heterocycles. The van der Waals surface area contributed by atoms with Crippen LogP contribution in [0.5, 0.6) is 0 Å². The van der Waals surface area contributed by atoms with Gasteiger partial charge in [0.25, 0.3) is 0 Å². The van der Waals surface area contributed by atoms with E-state index in [1.165, 1.54) is 16.7 Å². The average Bonchev–Trinajstić information content (AvgIpc) is 2.30. The molecule has 0 aliphatic carbocycles. The van der Waals surface area contributed by atoms with Crippen molar-refractivity contribution in [2.24, 2.45) is 5.73 Å². The Labute approximate surface area is 110 Å². The number of nitrogens with two attached hydrogens (primary N) is 1. The summed E-state index contributed by atoms with van der Waals surface area (Å²) in [5, 5.41) is 0. The zero-order chi connectivity index (χ0) is 13.1. The Morgan fingerprint density at radius 1 is 1.28 bits per heavy atom. The molecule has 0 spiro atoms. The highest BCUT2D eigenvalue weighted by Crippen LogP contribution is 2.17. The Balaban J connectivity index is 2.04. The van der Waals surface area contributed by atoms with Gasteiger partial charge in [0, 0.05) is 26.2 Å². The zero-order valence-corrected chi connectivity index (χ0v) is 11.6. The number of nitrogens with zero attached hydrogens (tertiary/aromatic N) is 1. The smallest absolute Gasteiger partial charge is 0.0678 e. The SMILES string of the molecule is Cc1cc(CN)ccc1CN1CC(C)OC(C)C1. The summed E-state index contributed by atoms with van der Waals surface area (Å²) in [5.74, 6) is 0. The van der Waals surface area contributed by atoms with Crippen molar-refractivity contribution >= 4 is 0 Å². The first kappa shape index (κ1) is 13.5. The lowest BCUT2D eigenvalue weighted by Crippen LogP contribution is -2.44. The molecule has 1 fully saturated rings. The third-order valence-corrected chi connectivity index (χ3v) is 3.53. The van der Waals surface area contributed by atoms with Gasteiger partial charge in [0.05, 0.1) is 12.2 Å². The number of rotatable bonds is 3. The predicted molar refractivity (Wildman–Crippen MR) is 74.4 cm³/mol. The molecule has 1 aromatic carbocycles. The fraction of sp³-hybridized carbons (Fsp3) is 0.600. The van der Waals surface area contributed by atoms with Crippen molar-refractivity contribution in [1.82, 2.24) is 4.90 Å². The van der Waals surface area contributed by atoms with Gasteiger partial charge in [0.1, 0.15) is 0 Å². The fourth-order valence-electron chi connectivity index (χ4n) is 2.72. The van der Waals surface area contributed by atoms with Crippen molar-refractivity contribution in [3.05, 3.63) is 34.9 Å². The molecular weight excluding hydrogens is 224 g/mol. The van der Waals surface area contributed by atoms with Crippen LogP contribution in [0.15, 0.2) is 18.2 Å². The molecule has 3 nitrogen and oxygen atoms in total. The normalized spacial score (nSPS) is 25.3. The van der Waals surface area contributed by atoms with Crippen LogP contribution < -0.4 is 5.73 Å². The quantitative estimate of drug-likeness (QED) is 0.890. The second-order valence-electron chi connectivity index (χ2n) is 5.42. The van der Waals surface area contributed by atoms with E-state index in [0.29, 0.717) is 18.8 Å². The Kier molecular flexibility index (Phi) is 4.38. The summed E-state index contributed by atoms with van der Waals surface area (Å²) in [7, 11) is 0. The molecule has 2 N–H and O–H groups in total. The van der Waals surface area contributed by atoms with Crippen molar-refractivity contribution in [2.45, 2.75) is 46.1 Å². The standard InChI is InChI=1S/C15H24N2O/c1-11-6-14(7-16)4-5-15(11)10-17-8-12(2)18-13(3)9-17/h4-6,12-13H,7-10,16H2,1-3H3. The van der Waals surface area contributed by atoms with E-state index in [-0.39, 0.29) is 0 Å². The van der Waals surface area contributed by atoms with Crippen LogP contribution in [0, 0.1) is 6.92 Å². The second-order valence-corrected chi connectivity index (χ2v) is 5.42. The molecule has 1 heterocycles. The van der Waals surface area contributed by atoms with Gasteiger partial charge in [0.15, 0.2) is 0 Å². The van der Waals surface area contributed by atoms with Crippen LogP contribution in [0.4, 0.5) is 0 Å². The summed E-state index contributed by atoms with van der Waals surface area (Å²) in [6.45, 7) is 10.1. The van der Waals surface area contributed by atoms with E-state index >= 15 is 0 Å². The minimum Gasteiger partial charge on any atom is -0.373 e. The number of hydrogen-bond donors (Lipinski definition) is 1. The van der Waals surface area contributed by atoms with Gasteiger partial charge >= 0.3 is 0 Å². The Bertz CT molecular complexity index is 395. The van der Waals surface area contributed by atoms with Gasteiger partial charge in [-0.2, -0.15) is 0 Å². The van der Waals surface area contributed by atoms with Crippen LogP contribution in [-0.4, -0.2) is 30.2 Å². The van der Waals surface area contributed by atoms with Gasteiger partial charge in [0.2, 0.25) is 0 Å². The Hall–Kier alpha value is -0.900. The molecule has 1 aliphatic rings. The van der Waals surface area contributed by atoms with E-state index in [1.54, 1.807) is 0 Å². The lowest BCUT2D eigenvalue weighted by atomic mass is 10.0. The average molecular weight is 248 g/mol. The van der Waals surface area contributed by atoms with Crippen LogP contribution in [-0.2, 0) is 17.8 Å². The molecule has 1 saturated heterocycles. The fourth-order valence-corrected chi connectivity index (χ4v) is 2.72. The van der Waals surface area contributed by atoms with Crippen molar-refractivity contribution < 1.29 is 4.74 Å². The van der Waals surface area contributed by atoms with E-state index in [2.05, 4.69) is 43.9 Å². The number of aryl methyl sites for hydroxylation is 1. The van der Waals surface area contributed by atoms with Gasteiger partial charge in [-0.25, -0.2) is 0 Å². The highest BCUT2D eigenvalue weighted by molar-refractivity contribution is 5.31. The predicted octanol–water partition coefficient (Wildman–Crippen LogP) is 2.06. The maximum atomic E-state index is 5.76. The van der Waals surface area contributed by atoms with E-state index in [9.17, 15) is 0 Å². The summed E-state index contributed by atoms with van der Waals surface area (Å²) in [6, 6.07) is 6.54. The monoisotopic (exact) mass is 248 g/mol. The maximum absolute atomic E-state index is 5.76. The summed E-state index contributed by atoms with van der Waals surface area (Å²) in [5.41, 5.74) is 9.61. The van der Waals surface area contributed by atoms with Crippen molar-refractivity contribution in [3.8, 4) is 0 Å². The summed E-state index contributed by atoms with van der Waals surface area (Å²) in [4.78, 5) is 2.48. The minimum absolute atomic E-state index is 0.331. The summed E-state index contributed by atoms with van der Waals surface area (Å²) in [6.07, 6.45) is 0.662. The molecule has 100 valence electrons. The number of hydrogen-bond acceptors (Lipinski definition) is 3. The molecule has 0 bridgehead atoms. The second kappa shape index (κ2) is 5.83. The van der Waals surface area contributed by atoms with Gasteiger partial charge in [-0.3, -0.25) is 4.90 Å². The molecule has 2 atom stereocenters. The largest absolute Gasteiger partial charge is 0.373 e. The summed E-state index contributed by atoms with van der Waals surface area (Å²) < 4.78 is 5.76. The van der Waals surface area contributed by atoms with Crippen LogP contribution in [0.3, 0.4) is 0 Å². The highest BCUT2D eigenvalue weighted by Gasteiger charge is 2.22. The molecule has 1 aliphatic heterocycles. The molecule has 0 radical (unpaired) electrons. The minimum atomic E-state index is 0.331. The third kappa shape index (κ3) is 3.31. The molecule has 18 heavy (non-hydrogen) atoms. The van der Waals surface area contributed by atoms with Gasteiger partial charge in [-0.15, -0.1) is 0 Å². The molecular formula is C15H24N2O. The van der Waals surface area contributed by atoms with Crippen molar-refractivity contribution in [3.63, 3.8) is 0 Å². The summed E-state index contributed by atoms with van der Waals surface area (Å²) >= 11 is 0. The maximum Gasteiger partial charge on any atom is 0.0678 e. The van der Waals surface area contributed by atoms with E-state index in [0.717, 1.165) is 19.6 Å². The lowest BCUT2D eigenvalue weighted by Gasteiger charge is -2.35. The number of benzene rings is 1. The topological polar surface area (TPSA) is 38.5 Å². The van der Waals surface area contributed by atoms with Crippen LogP contribution in [0.1, 0.15) is 30.5 Å². The first-order chi connectivity index (χ1) is 8.58. The van der Waals surface area contributed by atoms with Crippen LogP contribution >= 0.6 is 0 Å². The highest BCUT2D eigenvalue weighted by atomic mass is 16.5. The molecule has 2 unspecified atom stereocenters. The lowest BCUT2D eigenvalue weighted by molar-refractivity contribution is -0.0705. The molecule has 0 saturated carbocycles. The molecule has 2 rings (SSSR count). The molecule has 1 aromatic rings. The first-order valence-electron chi connectivity index (χ1n) is 6.74. The van der Waals surface area contributed by atoms with E-state index in [1.807, 2.05) is 0 Å². The Morgan fingerprint density at radius 3 is 2.50 bits per heavy atom. The van der Waals surface area contributed by atoms with Crippen LogP contribution in [0.25, 0.3) is 0 Å². The van der Waals surface area contributed by atoms with Gasteiger partial charge in [-0.05, 0) is 37.5 Å². The number of morpholine rings is 1. The molecule has 0 amide bonds. The van der Waals surface area contributed by atoms with Gasteiger partial charge in [-0.1, -0.05) is 18.2 Å². The van der Waals surface area contributed by atoms with Gasteiger partial charge < -0.3 is 10.5 Å². The van der Waals surface area contributed by atoms with Crippen molar-refractivity contribution in [2.75, 3.05) is 13.1 Å². The van der Waals surface area contributed by atoms with E-state index in [4.69, 9.17) is 10.5 Å². The van der Waals surface area contributed by atoms with Crippen LogP contribution in [0.2, 0.25) is 0 Å². The zero-order valence-electron chi connectivity index (χ0n) is 11.6. The third-order valence-electron chi connectivity index (χ3n) is 3.53. The Morgan fingerprint density at radius 2 is 1.94 bits per heavy atom. The first-order valence-corrected chi connectivity index (χ1v) is 6.74. The van der Waals surface area contributed by atoms with E-state index < -0.39 is 0 Å². The van der Waals surface area contributed by atoms with Crippen molar-refractivity contribution in [1.29, 1.82) is 0 Å². The number of ether oxygens (including phenoxy) is 1. The molecule has 3 heteroatoms.